The first-order chi connectivity index (χ1) is 12.0. The van der Waals surface area contributed by atoms with Crippen LogP contribution in [0.4, 0.5) is 5.00 Å². The number of aromatic nitrogens is 1. The van der Waals surface area contributed by atoms with Crippen LogP contribution in [-0.2, 0) is 6.54 Å². The molecule has 0 saturated heterocycles. The van der Waals surface area contributed by atoms with Crippen LogP contribution < -0.4 is 9.54 Å². The van der Waals surface area contributed by atoms with Gasteiger partial charge in [-0.1, -0.05) is 29.6 Å². The summed E-state index contributed by atoms with van der Waals surface area (Å²) in [6, 6.07) is 8.48. The first kappa shape index (κ1) is 17.3. The zero-order valence-electron chi connectivity index (χ0n) is 13.6. The van der Waals surface area contributed by atoms with Gasteiger partial charge in [0.05, 0.1) is 22.2 Å². The van der Waals surface area contributed by atoms with Gasteiger partial charge in [-0.3, -0.25) is 14.9 Å². The van der Waals surface area contributed by atoms with E-state index in [4.69, 9.17) is 4.74 Å². The normalized spacial score (nSPS) is 11.8. The average Bonchev–Trinajstić information content (AvgIpc) is 3.21. The van der Waals surface area contributed by atoms with E-state index >= 15 is 0 Å². The summed E-state index contributed by atoms with van der Waals surface area (Å²) in [4.78, 5) is 27.7. The Balaban J connectivity index is 2.09. The Morgan fingerprint density at radius 3 is 2.76 bits per heavy atom. The van der Waals surface area contributed by atoms with E-state index in [-0.39, 0.29) is 9.88 Å². The van der Waals surface area contributed by atoms with E-state index in [1.54, 1.807) is 7.11 Å². The lowest BCUT2D eigenvalue weighted by atomic mass is 10.3. The number of nitro groups is 1. The van der Waals surface area contributed by atoms with Crippen LogP contribution in [0.15, 0.2) is 35.3 Å². The smallest absolute Gasteiger partial charge is 0.324 e. The fraction of sp³-hybridized carbons (Fsp3) is 0.250. The van der Waals surface area contributed by atoms with E-state index < -0.39 is 10.8 Å². The van der Waals surface area contributed by atoms with Gasteiger partial charge in [0.1, 0.15) is 10.6 Å². The highest BCUT2D eigenvalue weighted by molar-refractivity contribution is 7.17. The molecule has 0 bridgehead atoms. The Hall–Kier alpha value is -2.52. The summed E-state index contributed by atoms with van der Waals surface area (Å²) in [6.07, 6.45) is 0.884. The Bertz CT molecular complexity index is 1020. The molecule has 0 N–H and O–H groups in total. The van der Waals surface area contributed by atoms with Crippen molar-refractivity contribution in [3.05, 3.63) is 50.1 Å². The molecule has 0 atom stereocenters. The van der Waals surface area contributed by atoms with Crippen molar-refractivity contribution in [3.8, 4) is 5.75 Å². The van der Waals surface area contributed by atoms with Crippen molar-refractivity contribution in [2.45, 2.75) is 19.9 Å². The standard InChI is InChI=1S/C16H15N3O4S2/c1-3-8-18-11-9-10(23-2)4-5-12(11)25-16(18)17-15(20)13-6-7-14(24-13)19(21)22/h4-7,9H,3,8H2,1-2H3. The molecule has 3 aromatic rings. The number of hydrogen-bond acceptors (Lipinski definition) is 6. The second-order valence-corrected chi connectivity index (χ2v) is 7.25. The van der Waals surface area contributed by atoms with Crippen LogP contribution in [0.25, 0.3) is 10.2 Å². The molecule has 0 saturated carbocycles. The third-order valence-corrected chi connectivity index (χ3v) is 5.60. The lowest BCUT2D eigenvalue weighted by molar-refractivity contribution is -0.380. The minimum Gasteiger partial charge on any atom is -0.497 e. The molecular weight excluding hydrogens is 362 g/mol. The summed E-state index contributed by atoms with van der Waals surface area (Å²) in [6.45, 7) is 2.76. The van der Waals surface area contributed by atoms with Crippen molar-refractivity contribution >= 4 is 43.8 Å². The van der Waals surface area contributed by atoms with E-state index in [0.717, 1.165) is 33.7 Å². The van der Waals surface area contributed by atoms with Crippen molar-refractivity contribution in [2.24, 2.45) is 4.99 Å². The summed E-state index contributed by atoms with van der Waals surface area (Å²) >= 11 is 2.24. The maximum absolute atomic E-state index is 12.4. The van der Waals surface area contributed by atoms with Crippen molar-refractivity contribution in [1.82, 2.24) is 4.57 Å². The van der Waals surface area contributed by atoms with Gasteiger partial charge in [-0.2, -0.15) is 4.99 Å². The number of methoxy groups -OCH3 is 1. The number of aryl methyl sites for hydroxylation is 1. The molecule has 0 fully saturated rings. The summed E-state index contributed by atoms with van der Waals surface area (Å²) < 4.78 is 8.24. The van der Waals surface area contributed by atoms with Crippen molar-refractivity contribution in [3.63, 3.8) is 0 Å². The fourth-order valence-electron chi connectivity index (χ4n) is 2.38. The largest absolute Gasteiger partial charge is 0.497 e. The Labute approximate surface area is 151 Å². The molecule has 0 aliphatic rings. The summed E-state index contributed by atoms with van der Waals surface area (Å²) in [7, 11) is 1.61. The molecule has 0 spiro atoms. The molecule has 2 heterocycles. The molecule has 0 unspecified atom stereocenters. The van der Waals surface area contributed by atoms with Crippen LogP contribution in [0, 0.1) is 10.1 Å². The van der Waals surface area contributed by atoms with Crippen LogP contribution in [0.1, 0.15) is 23.0 Å². The topological polar surface area (TPSA) is 86.7 Å². The zero-order valence-corrected chi connectivity index (χ0v) is 15.2. The predicted octanol–water partition coefficient (Wildman–Crippen LogP) is 3.83. The van der Waals surface area contributed by atoms with Gasteiger partial charge in [0.25, 0.3) is 5.91 Å². The second-order valence-electron chi connectivity index (χ2n) is 5.18. The molecule has 1 aromatic carbocycles. The van der Waals surface area contributed by atoms with Crippen LogP contribution >= 0.6 is 22.7 Å². The van der Waals surface area contributed by atoms with Gasteiger partial charge >= 0.3 is 5.00 Å². The van der Waals surface area contributed by atoms with Gasteiger partial charge < -0.3 is 9.30 Å². The van der Waals surface area contributed by atoms with E-state index in [0.29, 0.717) is 11.3 Å². The third kappa shape index (κ3) is 3.47. The van der Waals surface area contributed by atoms with Crippen LogP contribution in [0.3, 0.4) is 0 Å². The lowest BCUT2D eigenvalue weighted by Gasteiger charge is -2.04. The number of nitrogens with zero attached hydrogens (tertiary/aromatic N) is 3. The van der Waals surface area contributed by atoms with Crippen LogP contribution in [0.2, 0.25) is 0 Å². The van der Waals surface area contributed by atoms with Gasteiger partial charge in [0, 0.05) is 18.7 Å². The number of carbonyl (C=O) groups is 1. The Morgan fingerprint density at radius 2 is 2.12 bits per heavy atom. The summed E-state index contributed by atoms with van der Waals surface area (Å²) in [5.74, 6) is 0.267. The number of thiophene rings is 1. The highest BCUT2D eigenvalue weighted by atomic mass is 32.1. The first-order valence-electron chi connectivity index (χ1n) is 7.54. The molecule has 1 amide bonds. The molecule has 25 heavy (non-hydrogen) atoms. The van der Waals surface area contributed by atoms with E-state index in [1.807, 2.05) is 29.7 Å². The first-order valence-corrected chi connectivity index (χ1v) is 9.17. The summed E-state index contributed by atoms with van der Waals surface area (Å²) in [5, 5.41) is 10.7. The SMILES string of the molecule is CCCn1c(=NC(=O)c2ccc([N+](=O)[O-])s2)sc2ccc(OC)cc21. The number of fused-ring (bicyclic) bond motifs is 1. The number of rotatable bonds is 5. The molecule has 130 valence electrons. The lowest BCUT2D eigenvalue weighted by Crippen LogP contribution is -2.16. The number of thiazole rings is 1. The molecule has 2 aromatic heterocycles. The summed E-state index contributed by atoms with van der Waals surface area (Å²) in [5.41, 5.74) is 0.954. The van der Waals surface area contributed by atoms with Crippen molar-refractivity contribution in [2.75, 3.05) is 7.11 Å². The number of amides is 1. The molecular formula is C16H15N3O4S2. The molecule has 0 radical (unpaired) electrons. The van der Waals surface area contributed by atoms with Gasteiger partial charge in [0.2, 0.25) is 0 Å². The minimum absolute atomic E-state index is 0.0685. The number of carbonyl (C=O) groups excluding carboxylic acids is 1. The molecule has 7 nitrogen and oxygen atoms in total. The number of hydrogen-bond donors (Lipinski definition) is 0. The van der Waals surface area contributed by atoms with Crippen LogP contribution in [-0.4, -0.2) is 22.5 Å². The molecule has 9 heteroatoms. The van der Waals surface area contributed by atoms with Crippen LogP contribution in [0.5, 0.6) is 5.75 Å². The maximum atomic E-state index is 12.4. The minimum atomic E-state index is -0.509. The predicted molar refractivity (Wildman–Crippen MR) is 97.5 cm³/mol. The highest BCUT2D eigenvalue weighted by Gasteiger charge is 2.15. The Kier molecular flexibility index (Phi) is 4.95. The van der Waals surface area contributed by atoms with Gasteiger partial charge in [0.15, 0.2) is 4.80 Å². The fourth-order valence-corrected chi connectivity index (χ4v) is 4.12. The molecule has 0 aliphatic carbocycles. The van der Waals surface area contributed by atoms with Gasteiger partial charge in [-0.05, 0) is 24.6 Å². The van der Waals surface area contributed by atoms with E-state index in [1.165, 1.54) is 23.5 Å². The Morgan fingerprint density at radius 1 is 1.32 bits per heavy atom. The third-order valence-electron chi connectivity index (χ3n) is 3.52. The van der Waals surface area contributed by atoms with Crippen molar-refractivity contribution < 1.29 is 14.5 Å². The molecule has 3 rings (SSSR count). The van der Waals surface area contributed by atoms with Gasteiger partial charge in [-0.15, -0.1) is 0 Å². The zero-order chi connectivity index (χ0) is 18.0. The average molecular weight is 377 g/mol. The van der Waals surface area contributed by atoms with Gasteiger partial charge in [-0.25, -0.2) is 0 Å². The number of ether oxygens (including phenoxy) is 1. The second kappa shape index (κ2) is 7.16. The van der Waals surface area contributed by atoms with E-state index in [9.17, 15) is 14.9 Å². The van der Waals surface area contributed by atoms with E-state index in [2.05, 4.69) is 4.99 Å². The number of benzene rings is 1. The monoisotopic (exact) mass is 377 g/mol. The van der Waals surface area contributed by atoms with Crippen molar-refractivity contribution in [1.29, 1.82) is 0 Å². The highest BCUT2D eigenvalue weighted by Crippen LogP contribution is 2.25. The quantitative estimate of drug-likeness (QED) is 0.499. The molecule has 0 aliphatic heterocycles. The maximum Gasteiger partial charge on any atom is 0.324 e.